The van der Waals surface area contributed by atoms with Gasteiger partial charge >= 0.3 is 0 Å². The van der Waals surface area contributed by atoms with Gasteiger partial charge in [-0.15, -0.1) is 11.8 Å². The number of hydrogen-bond donors (Lipinski definition) is 1. The molecule has 0 aliphatic heterocycles. The van der Waals surface area contributed by atoms with Crippen molar-refractivity contribution in [2.75, 3.05) is 5.75 Å². The minimum absolute atomic E-state index is 0.0274. The molecular formula is C17H18ClNOS. The van der Waals surface area contributed by atoms with Crippen molar-refractivity contribution >= 4 is 29.3 Å². The molecule has 2 rings (SSSR count). The van der Waals surface area contributed by atoms with E-state index >= 15 is 0 Å². The summed E-state index contributed by atoms with van der Waals surface area (Å²) < 4.78 is 0. The van der Waals surface area contributed by atoms with Gasteiger partial charge in [0.1, 0.15) is 0 Å². The quantitative estimate of drug-likeness (QED) is 0.852. The molecule has 0 spiro atoms. The highest BCUT2D eigenvalue weighted by molar-refractivity contribution is 7.99. The van der Waals surface area contributed by atoms with Crippen molar-refractivity contribution in [2.45, 2.75) is 18.7 Å². The second-order valence-electron chi connectivity index (χ2n) is 4.78. The van der Waals surface area contributed by atoms with Crippen LogP contribution in [0.4, 0.5) is 0 Å². The maximum atomic E-state index is 11.9. The zero-order valence-corrected chi connectivity index (χ0v) is 13.5. The van der Waals surface area contributed by atoms with Crippen LogP contribution >= 0.6 is 23.4 Å². The molecule has 0 bridgehead atoms. The lowest BCUT2D eigenvalue weighted by molar-refractivity contribution is -0.119. The van der Waals surface area contributed by atoms with Crippen molar-refractivity contribution in [1.29, 1.82) is 0 Å². The maximum absolute atomic E-state index is 11.9. The lowest BCUT2D eigenvalue weighted by Crippen LogP contribution is -2.28. The lowest BCUT2D eigenvalue weighted by atomic mass is 10.1. The Bertz CT molecular complexity index is 588. The van der Waals surface area contributed by atoms with Crippen molar-refractivity contribution < 1.29 is 4.79 Å². The average molecular weight is 320 g/mol. The van der Waals surface area contributed by atoms with Crippen LogP contribution in [0.1, 0.15) is 24.1 Å². The minimum Gasteiger partial charge on any atom is -0.349 e. The van der Waals surface area contributed by atoms with E-state index < -0.39 is 0 Å². The largest absolute Gasteiger partial charge is 0.349 e. The van der Waals surface area contributed by atoms with E-state index in [1.807, 2.05) is 61.5 Å². The van der Waals surface area contributed by atoms with Crippen LogP contribution in [-0.4, -0.2) is 11.7 Å². The van der Waals surface area contributed by atoms with E-state index in [4.69, 9.17) is 11.6 Å². The van der Waals surface area contributed by atoms with E-state index in [1.165, 1.54) is 0 Å². The number of carbonyl (C=O) groups is 1. The fourth-order valence-electron chi connectivity index (χ4n) is 1.98. The van der Waals surface area contributed by atoms with Gasteiger partial charge in [-0.2, -0.15) is 0 Å². The first kappa shape index (κ1) is 15.9. The minimum atomic E-state index is 0.0274. The molecule has 2 nitrogen and oxygen atoms in total. The Hall–Kier alpha value is -1.45. The number of hydrogen-bond acceptors (Lipinski definition) is 2. The molecule has 1 amide bonds. The predicted molar refractivity (Wildman–Crippen MR) is 90.6 cm³/mol. The Morgan fingerprint density at radius 1 is 1.14 bits per heavy atom. The van der Waals surface area contributed by atoms with E-state index in [-0.39, 0.29) is 11.9 Å². The molecule has 0 unspecified atom stereocenters. The zero-order valence-electron chi connectivity index (χ0n) is 11.9. The number of rotatable bonds is 6. The third-order valence-corrected chi connectivity index (χ3v) is 4.48. The van der Waals surface area contributed by atoms with Crippen LogP contribution in [0.2, 0.25) is 5.02 Å². The molecule has 0 aromatic heterocycles. The summed E-state index contributed by atoms with van der Waals surface area (Å²) in [5.74, 6) is 1.22. The van der Waals surface area contributed by atoms with Crippen molar-refractivity contribution in [3.8, 4) is 0 Å². The highest BCUT2D eigenvalue weighted by Gasteiger charge is 2.09. The Morgan fingerprint density at radius 2 is 1.81 bits per heavy atom. The molecule has 0 saturated heterocycles. The van der Waals surface area contributed by atoms with Gasteiger partial charge in [-0.25, -0.2) is 0 Å². The molecule has 0 fully saturated rings. The molecule has 0 heterocycles. The second-order valence-corrected chi connectivity index (χ2v) is 6.18. The molecule has 110 valence electrons. The molecule has 4 heteroatoms. The first-order chi connectivity index (χ1) is 10.2. The summed E-state index contributed by atoms with van der Waals surface area (Å²) in [5.41, 5.74) is 2.18. The Morgan fingerprint density at radius 3 is 2.52 bits per heavy atom. The van der Waals surface area contributed by atoms with Crippen LogP contribution in [0.25, 0.3) is 0 Å². The number of benzene rings is 2. The molecular weight excluding hydrogens is 302 g/mol. The Labute approximate surface area is 134 Å². The van der Waals surface area contributed by atoms with Crippen LogP contribution in [-0.2, 0) is 10.5 Å². The molecule has 1 atom stereocenters. The number of carbonyl (C=O) groups excluding carboxylic acids is 1. The second kappa shape index (κ2) is 8.11. The predicted octanol–water partition coefficient (Wildman–Crippen LogP) is 4.45. The van der Waals surface area contributed by atoms with Crippen LogP contribution in [0.15, 0.2) is 54.6 Å². The van der Waals surface area contributed by atoms with Gasteiger partial charge in [0.2, 0.25) is 5.91 Å². The standard InChI is InChI=1S/C17H18ClNOS/c1-13(14-7-3-2-4-8-14)19-17(20)12-21-11-15-9-5-6-10-16(15)18/h2-10,13H,11-12H2,1H3,(H,19,20)/t13-/m0/s1. The lowest BCUT2D eigenvalue weighted by Gasteiger charge is -2.14. The van der Waals surface area contributed by atoms with Crippen molar-refractivity contribution in [1.82, 2.24) is 5.32 Å². The Balaban J connectivity index is 1.76. The van der Waals surface area contributed by atoms with Crippen molar-refractivity contribution in [2.24, 2.45) is 0 Å². The summed E-state index contributed by atoms with van der Waals surface area (Å²) in [5, 5.41) is 3.76. The number of amides is 1. The first-order valence-corrected chi connectivity index (χ1v) is 8.35. The summed E-state index contributed by atoms with van der Waals surface area (Å²) in [4.78, 5) is 11.9. The summed E-state index contributed by atoms with van der Waals surface area (Å²) in [6, 6.07) is 17.7. The van der Waals surface area contributed by atoms with Gasteiger partial charge in [-0.3, -0.25) is 4.79 Å². The van der Waals surface area contributed by atoms with Crippen molar-refractivity contribution in [3.05, 3.63) is 70.7 Å². The molecule has 0 aliphatic carbocycles. The number of thioether (sulfide) groups is 1. The van der Waals surface area contributed by atoms with E-state index in [1.54, 1.807) is 11.8 Å². The van der Waals surface area contributed by atoms with E-state index in [0.29, 0.717) is 5.75 Å². The molecule has 2 aromatic rings. The fourth-order valence-corrected chi connectivity index (χ4v) is 3.10. The van der Waals surface area contributed by atoms with Crippen molar-refractivity contribution in [3.63, 3.8) is 0 Å². The van der Waals surface area contributed by atoms with Crippen LogP contribution in [0.3, 0.4) is 0 Å². The molecule has 0 saturated carbocycles. The normalized spacial score (nSPS) is 11.9. The van der Waals surface area contributed by atoms with Crippen LogP contribution in [0, 0.1) is 0 Å². The first-order valence-electron chi connectivity index (χ1n) is 6.82. The van der Waals surface area contributed by atoms with Gasteiger partial charge in [0.05, 0.1) is 11.8 Å². The van der Waals surface area contributed by atoms with Gasteiger partial charge in [0, 0.05) is 10.8 Å². The highest BCUT2D eigenvalue weighted by Crippen LogP contribution is 2.20. The molecule has 2 aromatic carbocycles. The Kier molecular flexibility index (Phi) is 6.15. The highest BCUT2D eigenvalue weighted by atomic mass is 35.5. The topological polar surface area (TPSA) is 29.1 Å². The van der Waals surface area contributed by atoms with Gasteiger partial charge in [0.15, 0.2) is 0 Å². The van der Waals surface area contributed by atoms with Gasteiger partial charge in [0.25, 0.3) is 0 Å². The summed E-state index contributed by atoms with van der Waals surface area (Å²) in [7, 11) is 0. The smallest absolute Gasteiger partial charge is 0.230 e. The van der Waals surface area contributed by atoms with Gasteiger partial charge in [-0.05, 0) is 24.1 Å². The zero-order chi connectivity index (χ0) is 15.1. The SMILES string of the molecule is C[C@H](NC(=O)CSCc1ccccc1Cl)c1ccccc1. The van der Waals surface area contributed by atoms with Gasteiger partial charge < -0.3 is 5.32 Å². The van der Waals surface area contributed by atoms with Crippen LogP contribution in [0.5, 0.6) is 0 Å². The molecule has 0 radical (unpaired) electrons. The summed E-state index contributed by atoms with van der Waals surface area (Å²) >= 11 is 7.66. The number of halogens is 1. The van der Waals surface area contributed by atoms with Crippen LogP contribution < -0.4 is 5.32 Å². The monoisotopic (exact) mass is 319 g/mol. The van der Waals surface area contributed by atoms with E-state index in [9.17, 15) is 4.79 Å². The van der Waals surface area contributed by atoms with E-state index in [0.717, 1.165) is 21.9 Å². The van der Waals surface area contributed by atoms with Gasteiger partial charge in [-0.1, -0.05) is 60.1 Å². The van der Waals surface area contributed by atoms with E-state index in [2.05, 4.69) is 5.32 Å². The number of nitrogens with one attached hydrogen (secondary N) is 1. The third-order valence-electron chi connectivity index (χ3n) is 3.13. The molecule has 0 aliphatic rings. The summed E-state index contributed by atoms with van der Waals surface area (Å²) in [6.07, 6.45) is 0. The average Bonchev–Trinajstić information content (AvgIpc) is 2.50. The maximum Gasteiger partial charge on any atom is 0.230 e. The fraction of sp³-hybridized carbons (Fsp3) is 0.235. The summed E-state index contributed by atoms with van der Waals surface area (Å²) in [6.45, 7) is 1.99. The molecule has 1 N–H and O–H groups in total. The third kappa shape index (κ3) is 5.10. The molecule has 21 heavy (non-hydrogen) atoms.